The second-order valence-corrected chi connectivity index (χ2v) is 5.63. The fourth-order valence-electron chi connectivity index (χ4n) is 1.59. The van der Waals surface area contributed by atoms with Gasteiger partial charge in [-0.25, -0.2) is 0 Å². The smallest absolute Gasteiger partial charge is 0.267 e. The van der Waals surface area contributed by atoms with Gasteiger partial charge in [-0.3, -0.25) is 4.79 Å². The average molecular weight is 320 g/mol. The number of hydrogen-bond donors (Lipinski definition) is 0. The Bertz CT molecular complexity index is 367. The molecule has 1 aromatic heterocycles. The topological polar surface area (TPSA) is 46.1 Å². The van der Waals surface area contributed by atoms with Crippen LogP contribution in [0, 0.1) is 0 Å². The largest absolute Gasteiger partial charge is 0.335 e. The third kappa shape index (κ3) is 3.74. The standard InChI is InChI=1S/C11H18BrN3OS/c1-4-5-9-10(17-14-13-9)11(16)15(7-6-12)8(2)3/h8H,4-7H2,1-3H3. The predicted octanol–water partition coefficient (Wildman–Crippen LogP) is 2.74. The third-order valence-electron chi connectivity index (χ3n) is 2.45. The van der Waals surface area contributed by atoms with E-state index in [0.29, 0.717) is 11.4 Å². The number of amides is 1. The lowest BCUT2D eigenvalue weighted by molar-refractivity contribution is 0.0723. The van der Waals surface area contributed by atoms with E-state index in [1.807, 2.05) is 18.7 Å². The zero-order chi connectivity index (χ0) is 12.8. The minimum Gasteiger partial charge on any atom is -0.335 e. The molecule has 1 rings (SSSR count). The van der Waals surface area contributed by atoms with Crippen LogP contribution < -0.4 is 0 Å². The van der Waals surface area contributed by atoms with Crippen molar-refractivity contribution in [2.75, 3.05) is 11.9 Å². The molecule has 96 valence electrons. The zero-order valence-electron chi connectivity index (χ0n) is 10.4. The number of halogens is 1. The molecule has 4 nitrogen and oxygen atoms in total. The molecule has 0 aromatic carbocycles. The average Bonchev–Trinajstić information content (AvgIpc) is 2.73. The fraction of sp³-hybridized carbons (Fsp3) is 0.727. The first-order chi connectivity index (χ1) is 8.11. The number of carbonyl (C=O) groups excluding carboxylic acids is 1. The first-order valence-electron chi connectivity index (χ1n) is 5.80. The van der Waals surface area contributed by atoms with Crippen molar-refractivity contribution in [3.63, 3.8) is 0 Å². The van der Waals surface area contributed by atoms with Crippen LogP contribution in [0.2, 0.25) is 0 Å². The van der Waals surface area contributed by atoms with E-state index in [1.54, 1.807) is 0 Å². The van der Waals surface area contributed by atoms with Gasteiger partial charge in [0.25, 0.3) is 5.91 Å². The van der Waals surface area contributed by atoms with E-state index in [1.165, 1.54) is 11.5 Å². The maximum absolute atomic E-state index is 12.4. The lowest BCUT2D eigenvalue weighted by Crippen LogP contribution is -2.38. The normalized spacial score (nSPS) is 10.9. The van der Waals surface area contributed by atoms with Crippen molar-refractivity contribution in [2.24, 2.45) is 0 Å². The summed E-state index contributed by atoms with van der Waals surface area (Å²) in [6, 6.07) is 0.191. The summed E-state index contributed by atoms with van der Waals surface area (Å²) in [5.41, 5.74) is 0.836. The minimum atomic E-state index is 0.0536. The van der Waals surface area contributed by atoms with Gasteiger partial charge in [0.05, 0.1) is 5.69 Å². The van der Waals surface area contributed by atoms with Crippen molar-refractivity contribution in [1.29, 1.82) is 0 Å². The number of hydrogen-bond acceptors (Lipinski definition) is 4. The number of aryl methyl sites for hydroxylation is 1. The first-order valence-corrected chi connectivity index (χ1v) is 7.69. The molecule has 1 aromatic rings. The lowest BCUT2D eigenvalue weighted by Gasteiger charge is -2.25. The maximum Gasteiger partial charge on any atom is 0.267 e. The number of alkyl halides is 1. The van der Waals surface area contributed by atoms with Gasteiger partial charge in [0.1, 0.15) is 4.88 Å². The van der Waals surface area contributed by atoms with Gasteiger partial charge < -0.3 is 4.90 Å². The molecule has 0 unspecified atom stereocenters. The number of nitrogens with zero attached hydrogens (tertiary/aromatic N) is 3. The summed E-state index contributed by atoms with van der Waals surface area (Å²) in [4.78, 5) is 14.9. The summed E-state index contributed by atoms with van der Waals surface area (Å²) in [7, 11) is 0. The third-order valence-corrected chi connectivity index (χ3v) is 3.56. The SMILES string of the molecule is CCCc1nnsc1C(=O)N(CCBr)C(C)C. The Morgan fingerprint density at radius 2 is 2.24 bits per heavy atom. The van der Waals surface area contributed by atoms with E-state index in [-0.39, 0.29) is 11.9 Å². The van der Waals surface area contributed by atoms with Crippen LogP contribution in [0.4, 0.5) is 0 Å². The Kier molecular flexibility index (Phi) is 6.05. The van der Waals surface area contributed by atoms with Crippen molar-refractivity contribution in [2.45, 2.75) is 39.7 Å². The summed E-state index contributed by atoms with van der Waals surface area (Å²) in [6.07, 6.45) is 1.80. The molecule has 0 atom stereocenters. The van der Waals surface area contributed by atoms with Gasteiger partial charge in [0, 0.05) is 17.9 Å². The molecular weight excluding hydrogens is 302 g/mol. The van der Waals surface area contributed by atoms with Crippen molar-refractivity contribution < 1.29 is 4.79 Å². The Morgan fingerprint density at radius 3 is 2.76 bits per heavy atom. The van der Waals surface area contributed by atoms with E-state index in [9.17, 15) is 4.79 Å². The molecule has 0 N–H and O–H groups in total. The van der Waals surface area contributed by atoms with Crippen LogP contribution in [-0.2, 0) is 6.42 Å². The van der Waals surface area contributed by atoms with Gasteiger partial charge >= 0.3 is 0 Å². The maximum atomic E-state index is 12.4. The molecule has 0 spiro atoms. The predicted molar refractivity (Wildman–Crippen MR) is 73.9 cm³/mol. The number of aromatic nitrogens is 2. The number of rotatable bonds is 6. The number of carbonyl (C=O) groups is 1. The molecule has 1 amide bonds. The van der Waals surface area contributed by atoms with Gasteiger partial charge in [-0.15, -0.1) is 5.10 Å². The molecule has 0 radical (unpaired) electrons. The van der Waals surface area contributed by atoms with Crippen LogP contribution in [0.15, 0.2) is 0 Å². The second kappa shape index (κ2) is 7.06. The molecule has 0 saturated carbocycles. The highest BCUT2D eigenvalue weighted by atomic mass is 79.9. The van der Waals surface area contributed by atoms with Gasteiger partial charge in [-0.1, -0.05) is 33.8 Å². The van der Waals surface area contributed by atoms with Gasteiger partial charge in [0.15, 0.2) is 0 Å². The molecule has 0 aliphatic carbocycles. The molecule has 0 fully saturated rings. The van der Waals surface area contributed by atoms with Crippen LogP contribution in [0.3, 0.4) is 0 Å². The summed E-state index contributed by atoms with van der Waals surface area (Å²) in [6.45, 7) is 6.83. The van der Waals surface area contributed by atoms with Crippen LogP contribution in [0.1, 0.15) is 42.6 Å². The minimum absolute atomic E-state index is 0.0536. The molecule has 0 aliphatic heterocycles. The zero-order valence-corrected chi connectivity index (χ0v) is 12.8. The van der Waals surface area contributed by atoms with E-state index in [2.05, 4.69) is 32.4 Å². The highest BCUT2D eigenvalue weighted by molar-refractivity contribution is 9.09. The second-order valence-electron chi connectivity index (χ2n) is 4.08. The first kappa shape index (κ1) is 14.6. The quantitative estimate of drug-likeness (QED) is 0.757. The molecule has 1 heterocycles. The molecule has 0 aliphatic rings. The molecule has 0 saturated heterocycles. The molecule has 0 bridgehead atoms. The summed E-state index contributed by atoms with van der Waals surface area (Å²) in [5.74, 6) is 0.0536. The summed E-state index contributed by atoms with van der Waals surface area (Å²) >= 11 is 4.58. The van der Waals surface area contributed by atoms with E-state index in [4.69, 9.17) is 0 Å². The molecule has 6 heteroatoms. The van der Waals surface area contributed by atoms with Crippen molar-refractivity contribution in [1.82, 2.24) is 14.5 Å². The Labute approximate surface area is 115 Å². The van der Waals surface area contributed by atoms with E-state index < -0.39 is 0 Å². The molecular formula is C11H18BrN3OS. The van der Waals surface area contributed by atoms with Crippen molar-refractivity contribution in [3.05, 3.63) is 10.6 Å². The molecule has 17 heavy (non-hydrogen) atoms. The van der Waals surface area contributed by atoms with Gasteiger partial charge in [-0.05, 0) is 31.8 Å². The Balaban J connectivity index is 2.88. The Hall–Kier alpha value is -0.490. The summed E-state index contributed by atoms with van der Waals surface area (Å²) in [5, 5.41) is 4.82. The van der Waals surface area contributed by atoms with Crippen LogP contribution in [-0.4, -0.2) is 38.3 Å². The highest BCUT2D eigenvalue weighted by Crippen LogP contribution is 2.17. The Morgan fingerprint density at radius 1 is 1.53 bits per heavy atom. The monoisotopic (exact) mass is 319 g/mol. The van der Waals surface area contributed by atoms with Gasteiger partial charge in [-0.2, -0.15) is 0 Å². The van der Waals surface area contributed by atoms with Gasteiger partial charge in [0.2, 0.25) is 0 Å². The fourth-order valence-corrected chi connectivity index (χ4v) is 2.63. The van der Waals surface area contributed by atoms with E-state index >= 15 is 0 Å². The van der Waals surface area contributed by atoms with Crippen molar-refractivity contribution in [3.8, 4) is 0 Å². The highest BCUT2D eigenvalue weighted by Gasteiger charge is 2.23. The van der Waals surface area contributed by atoms with Crippen LogP contribution in [0.5, 0.6) is 0 Å². The van der Waals surface area contributed by atoms with E-state index in [0.717, 1.165) is 23.9 Å². The lowest BCUT2D eigenvalue weighted by atomic mass is 10.2. The summed E-state index contributed by atoms with van der Waals surface area (Å²) < 4.78 is 3.90. The van der Waals surface area contributed by atoms with Crippen LogP contribution >= 0.6 is 27.5 Å². The van der Waals surface area contributed by atoms with Crippen LogP contribution in [0.25, 0.3) is 0 Å². The van der Waals surface area contributed by atoms with Crippen molar-refractivity contribution >= 4 is 33.4 Å².